The molecule has 5 heteroatoms. The average Bonchev–Trinajstić information content (AvgIpc) is 2.61. The SMILES string of the molecule is CN1CCc2cc3c(cc21)CC(N)(C(=O)O)CCO3. The van der Waals surface area contributed by atoms with Gasteiger partial charge in [0.15, 0.2) is 0 Å². The molecule has 0 spiro atoms. The van der Waals surface area contributed by atoms with Crippen LogP contribution in [0.4, 0.5) is 5.69 Å². The van der Waals surface area contributed by atoms with E-state index >= 15 is 0 Å². The second kappa shape index (κ2) is 4.13. The maximum atomic E-state index is 11.3. The minimum Gasteiger partial charge on any atom is -0.493 e. The molecule has 0 aromatic heterocycles. The van der Waals surface area contributed by atoms with E-state index in [-0.39, 0.29) is 0 Å². The molecule has 2 aliphatic rings. The highest BCUT2D eigenvalue weighted by Crippen LogP contribution is 2.37. The first-order valence-electron chi connectivity index (χ1n) is 6.52. The molecule has 0 bridgehead atoms. The molecule has 2 aliphatic heterocycles. The second-order valence-electron chi connectivity index (χ2n) is 5.50. The number of fused-ring (bicyclic) bond motifs is 2. The molecule has 0 radical (unpaired) electrons. The van der Waals surface area contributed by atoms with Crippen molar-refractivity contribution >= 4 is 11.7 Å². The van der Waals surface area contributed by atoms with E-state index in [1.165, 1.54) is 5.56 Å². The summed E-state index contributed by atoms with van der Waals surface area (Å²) in [7, 11) is 2.04. The molecule has 3 N–H and O–H groups in total. The highest BCUT2D eigenvalue weighted by molar-refractivity contribution is 5.79. The number of ether oxygens (including phenoxy) is 1. The molecule has 102 valence electrons. The van der Waals surface area contributed by atoms with Crippen LogP contribution in [0.2, 0.25) is 0 Å². The fourth-order valence-corrected chi connectivity index (χ4v) is 2.84. The average molecular weight is 262 g/mol. The Kier molecular flexibility index (Phi) is 2.67. The zero-order valence-electron chi connectivity index (χ0n) is 11.0. The van der Waals surface area contributed by atoms with Crippen LogP contribution >= 0.6 is 0 Å². The van der Waals surface area contributed by atoms with Crippen LogP contribution in [0.5, 0.6) is 5.75 Å². The zero-order valence-corrected chi connectivity index (χ0v) is 11.0. The molecular weight excluding hydrogens is 244 g/mol. The molecule has 1 unspecified atom stereocenters. The van der Waals surface area contributed by atoms with Crippen LogP contribution in [0.15, 0.2) is 12.1 Å². The Balaban J connectivity index is 2.04. The molecule has 5 nitrogen and oxygen atoms in total. The van der Waals surface area contributed by atoms with Gasteiger partial charge in [-0.3, -0.25) is 4.79 Å². The monoisotopic (exact) mass is 262 g/mol. The third kappa shape index (κ3) is 1.94. The van der Waals surface area contributed by atoms with Crippen LogP contribution in [-0.2, 0) is 17.6 Å². The quantitative estimate of drug-likeness (QED) is 0.782. The topological polar surface area (TPSA) is 75.8 Å². The smallest absolute Gasteiger partial charge is 0.324 e. The van der Waals surface area contributed by atoms with Gasteiger partial charge in [0.2, 0.25) is 0 Å². The lowest BCUT2D eigenvalue weighted by Crippen LogP contribution is -2.50. The van der Waals surface area contributed by atoms with Crippen LogP contribution in [-0.4, -0.2) is 36.8 Å². The van der Waals surface area contributed by atoms with Crippen LogP contribution in [0.25, 0.3) is 0 Å². The van der Waals surface area contributed by atoms with Crippen molar-refractivity contribution in [3.8, 4) is 5.75 Å². The third-order valence-electron chi connectivity index (χ3n) is 4.13. The minimum absolute atomic E-state index is 0.318. The number of carboxylic acid groups (broad SMARTS) is 1. The number of nitrogens with zero attached hydrogens (tertiary/aromatic N) is 1. The molecule has 0 amide bonds. The van der Waals surface area contributed by atoms with Crippen molar-refractivity contribution in [1.82, 2.24) is 0 Å². The largest absolute Gasteiger partial charge is 0.493 e. The summed E-state index contributed by atoms with van der Waals surface area (Å²) in [6.07, 6.45) is 1.66. The lowest BCUT2D eigenvalue weighted by atomic mass is 9.89. The molecule has 1 aromatic rings. The number of hydrogen-bond acceptors (Lipinski definition) is 4. The van der Waals surface area contributed by atoms with Crippen molar-refractivity contribution in [2.24, 2.45) is 5.73 Å². The Morgan fingerprint density at radius 3 is 3.00 bits per heavy atom. The normalized spacial score (nSPS) is 25.3. The van der Waals surface area contributed by atoms with Crippen molar-refractivity contribution in [2.75, 3.05) is 25.1 Å². The van der Waals surface area contributed by atoms with Gasteiger partial charge in [0.05, 0.1) is 6.61 Å². The van der Waals surface area contributed by atoms with Crippen molar-refractivity contribution in [1.29, 1.82) is 0 Å². The minimum atomic E-state index is -1.23. The summed E-state index contributed by atoms with van der Waals surface area (Å²) in [5.41, 5.74) is 8.10. The first kappa shape index (κ1) is 12.3. The molecule has 19 heavy (non-hydrogen) atoms. The molecule has 0 saturated carbocycles. The highest BCUT2D eigenvalue weighted by atomic mass is 16.5. The Bertz CT molecular complexity index is 544. The number of rotatable bonds is 1. The highest BCUT2D eigenvalue weighted by Gasteiger charge is 2.37. The summed E-state index contributed by atoms with van der Waals surface area (Å²) in [5.74, 6) is -0.166. The van der Waals surface area contributed by atoms with Gasteiger partial charge >= 0.3 is 5.97 Å². The number of benzene rings is 1. The predicted molar refractivity (Wildman–Crippen MR) is 71.8 cm³/mol. The van der Waals surface area contributed by atoms with E-state index in [1.54, 1.807) is 0 Å². The van der Waals surface area contributed by atoms with Gasteiger partial charge in [-0.1, -0.05) is 0 Å². The summed E-state index contributed by atoms with van der Waals surface area (Å²) >= 11 is 0. The van der Waals surface area contributed by atoms with Crippen molar-refractivity contribution in [3.63, 3.8) is 0 Å². The molecule has 1 atom stereocenters. The number of likely N-dealkylation sites (N-methyl/N-ethyl adjacent to an activating group) is 1. The zero-order chi connectivity index (χ0) is 13.6. The van der Waals surface area contributed by atoms with E-state index < -0.39 is 11.5 Å². The number of aliphatic carboxylic acids is 1. The lowest BCUT2D eigenvalue weighted by Gasteiger charge is -2.22. The molecule has 1 aromatic carbocycles. The van der Waals surface area contributed by atoms with Gasteiger partial charge in [-0.15, -0.1) is 0 Å². The van der Waals surface area contributed by atoms with Gasteiger partial charge in [-0.2, -0.15) is 0 Å². The Labute approximate surface area is 112 Å². The Morgan fingerprint density at radius 2 is 2.26 bits per heavy atom. The van der Waals surface area contributed by atoms with Crippen LogP contribution in [0.1, 0.15) is 17.5 Å². The third-order valence-corrected chi connectivity index (χ3v) is 4.13. The van der Waals surface area contributed by atoms with Crippen LogP contribution < -0.4 is 15.4 Å². The number of anilines is 1. The number of hydrogen-bond donors (Lipinski definition) is 2. The van der Waals surface area contributed by atoms with Crippen molar-refractivity contribution in [3.05, 3.63) is 23.3 Å². The van der Waals surface area contributed by atoms with Crippen LogP contribution in [0.3, 0.4) is 0 Å². The van der Waals surface area contributed by atoms with E-state index in [1.807, 2.05) is 19.2 Å². The summed E-state index contributed by atoms with van der Waals surface area (Å²) in [6, 6.07) is 4.08. The Hall–Kier alpha value is -1.75. The van der Waals surface area contributed by atoms with Gasteiger partial charge in [0.1, 0.15) is 11.3 Å². The maximum absolute atomic E-state index is 11.3. The lowest BCUT2D eigenvalue weighted by molar-refractivity contribution is -0.143. The number of carboxylic acids is 1. The first-order valence-corrected chi connectivity index (χ1v) is 6.52. The van der Waals surface area contributed by atoms with Gasteiger partial charge in [0, 0.05) is 32.1 Å². The fourth-order valence-electron chi connectivity index (χ4n) is 2.84. The van der Waals surface area contributed by atoms with E-state index in [2.05, 4.69) is 4.90 Å². The van der Waals surface area contributed by atoms with Gasteiger partial charge in [-0.05, 0) is 29.7 Å². The Morgan fingerprint density at radius 1 is 1.47 bits per heavy atom. The first-order chi connectivity index (χ1) is 8.99. The summed E-state index contributed by atoms with van der Waals surface area (Å²) in [5, 5.41) is 9.30. The molecule has 3 rings (SSSR count). The van der Waals surface area contributed by atoms with E-state index in [4.69, 9.17) is 10.5 Å². The standard InChI is InChI=1S/C14H18N2O3/c1-16-4-2-9-7-12-10(6-11(9)16)8-14(15,13(17)18)3-5-19-12/h6-7H,2-5,8,15H2,1H3,(H,17,18). The summed E-state index contributed by atoms with van der Waals surface area (Å²) in [4.78, 5) is 13.5. The molecule has 0 saturated heterocycles. The summed E-state index contributed by atoms with van der Waals surface area (Å²) < 4.78 is 5.69. The van der Waals surface area contributed by atoms with Crippen molar-refractivity contribution < 1.29 is 14.6 Å². The molecule has 0 fully saturated rings. The molecule has 2 heterocycles. The summed E-state index contributed by atoms with van der Waals surface area (Å²) in [6.45, 7) is 1.34. The van der Waals surface area contributed by atoms with E-state index in [0.717, 1.165) is 30.0 Å². The van der Waals surface area contributed by atoms with E-state index in [0.29, 0.717) is 19.4 Å². The molecular formula is C14H18N2O3. The number of carbonyl (C=O) groups is 1. The van der Waals surface area contributed by atoms with Crippen LogP contribution in [0, 0.1) is 0 Å². The van der Waals surface area contributed by atoms with Gasteiger partial charge in [0.25, 0.3) is 0 Å². The van der Waals surface area contributed by atoms with Gasteiger partial charge < -0.3 is 20.5 Å². The van der Waals surface area contributed by atoms with Crippen molar-refractivity contribution in [2.45, 2.75) is 24.8 Å². The second-order valence-corrected chi connectivity index (χ2v) is 5.50. The predicted octanol–water partition coefficient (Wildman–Crippen LogP) is 0.786. The van der Waals surface area contributed by atoms with E-state index in [9.17, 15) is 9.90 Å². The molecule has 0 aliphatic carbocycles. The number of nitrogens with two attached hydrogens (primary N) is 1. The van der Waals surface area contributed by atoms with Gasteiger partial charge in [-0.25, -0.2) is 0 Å². The fraction of sp³-hybridized carbons (Fsp3) is 0.500. The maximum Gasteiger partial charge on any atom is 0.324 e.